The smallest absolute Gasteiger partial charge is 0.129 e. The predicted octanol–water partition coefficient (Wildman–Crippen LogP) is 3.50. The van der Waals surface area contributed by atoms with Crippen molar-refractivity contribution in [2.75, 3.05) is 0 Å². The Balaban J connectivity index is 2.21. The van der Waals surface area contributed by atoms with Crippen LogP contribution in [0.4, 0.5) is 4.39 Å². The van der Waals surface area contributed by atoms with Crippen LogP contribution in [0, 0.1) is 5.82 Å². The van der Waals surface area contributed by atoms with Crippen molar-refractivity contribution in [1.29, 1.82) is 0 Å². The number of nitrogens with one attached hydrogen (secondary N) is 1. The molecule has 0 aliphatic rings. The summed E-state index contributed by atoms with van der Waals surface area (Å²) in [6, 6.07) is 6.87. The predicted molar refractivity (Wildman–Crippen MR) is 85.1 cm³/mol. The minimum Gasteiger partial charge on any atom is -0.271 e. The van der Waals surface area contributed by atoms with E-state index in [1.165, 1.54) is 6.07 Å². The number of hydrogen-bond donors (Lipinski definition) is 2. The third-order valence-corrected chi connectivity index (χ3v) is 4.36. The highest BCUT2D eigenvalue weighted by Gasteiger charge is 2.19. The highest BCUT2D eigenvalue weighted by Crippen LogP contribution is 2.28. The Labute approximate surface area is 132 Å². The SMILES string of the molecule is CCC(C)n1ccc(CC(NN)c2c(F)cccc2Br)n1. The Morgan fingerprint density at radius 1 is 1.43 bits per heavy atom. The molecule has 0 bridgehead atoms. The first kappa shape index (κ1) is 16.1. The number of aromatic nitrogens is 2. The van der Waals surface area contributed by atoms with E-state index in [2.05, 4.69) is 40.3 Å². The van der Waals surface area contributed by atoms with Gasteiger partial charge in [-0.15, -0.1) is 0 Å². The molecule has 2 aromatic rings. The highest BCUT2D eigenvalue weighted by molar-refractivity contribution is 9.10. The summed E-state index contributed by atoms with van der Waals surface area (Å²) in [6.07, 6.45) is 3.49. The molecular weight excluding hydrogens is 335 g/mol. The van der Waals surface area contributed by atoms with Crippen LogP contribution in [-0.4, -0.2) is 9.78 Å². The maximum absolute atomic E-state index is 14.0. The van der Waals surface area contributed by atoms with Gasteiger partial charge in [-0.25, -0.2) is 4.39 Å². The molecule has 0 amide bonds. The minimum atomic E-state index is -0.333. The van der Waals surface area contributed by atoms with Gasteiger partial charge in [0.1, 0.15) is 5.82 Å². The molecule has 4 nitrogen and oxygen atoms in total. The van der Waals surface area contributed by atoms with Crippen LogP contribution in [0.1, 0.15) is 43.6 Å². The number of benzene rings is 1. The van der Waals surface area contributed by atoms with Crippen molar-refractivity contribution in [1.82, 2.24) is 15.2 Å². The average molecular weight is 355 g/mol. The minimum absolute atomic E-state index is 0.284. The zero-order valence-corrected chi connectivity index (χ0v) is 13.8. The molecule has 0 fully saturated rings. The van der Waals surface area contributed by atoms with Crippen molar-refractivity contribution in [3.63, 3.8) is 0 Å². The molecule has 1 heterocycles. The molecule has 114 valence electrons. The van der Waals surface area contributed by atoms with Crippen molar-refractivity contribution >= 4 is 15.9 Å². The maximum atomic E-state index is 14.0. The van der Waals surface area contributed by atoms with Crippen molar-refractivity contribution < 1.29 is 4.39 Å². The van der Waals surface area contributed by atoms with Crippen molar-refractivity contribution in [2.45, 2.75) is 38.8 Å². The normalized spacial score (nSPS) is 14.1. The first-order valence-electron chi connectivity index (χ1n) is 7.00. The summed E-state index contributed by atoms with van der Waals surface area (Å²) in [6.45, 7) is 4.23. The van der Waals surface area contributed by atoms with Gasteiger partial charge in [-0.05, 0) is 31.5 Å². The van der Waals surface area contributed by atoms with Gasteiger partial charge in [-0.2, -0.15) is 5.10 Å². The number of halogens is 2. The molecule has 1 aromatic carbocycles. The van der Waals surface area contributed by atoms with E-state index in [4.69, 9.17) is 5.84 Å². The van der Waals surface area contributed by atoms with E-state index in [1.54, 1.807) is 12.1 Å². The lowest BCUT2D eigenvalue weighted by Gasteiger charge is -2.17. The highest BCUT2D eigenvalue weighted by atomic mass is 79.9. The van der Waals surface area contributed by atoms with Gasteiger partial charge in [-0.3, -0.25) is 16.0 Å². The molecule has 2 unspecified atom stereocenters. The Morgan fingerprint density at radius 3 is 2.81 bits per heavy atom. The number of rotatable bonds is 6. The lowest BCUT2D eigenvalue weighted by Crippen LogP contribution is -2.30. The van der Waals surface area contributed by atoms with Crippen LogP contribution >= 0.6 is 15.9 Å². The molecule has 0 saturated carbocycles. The molecule has 1 aromatic heterocycles. The summed E-state index contributed by atoms with van der Waals surface area (Å²) in [7, 11) is 0. The largest absolute Gasteiger partial charge is 0.271 e. The van der Waals surface area contributed by atoms with E-state index in [0.717, 1.165) is 12.1 Å². The fourth-order valence-corrected chi connectivity index (χ4v) is 2.83. The molecule has 0 aliphatic carbocycles. The molecular formula is C15H20BrFN4. The third kappa shape index (κ3) is 3.70. The first-order chi connectivity index (χ1) is 10.1. The van der Waals surface area contributed by atoms with Crippen LogP contribution in [0.5, 0.6) is 0 Å². The summed E-state index contributed by atoms with van der Waals surface area (Å²) in [5.41, 5.74) is 4.09. The molecule has 6 heteroatoms. The lowest BCUT2D eigenvalue weighted by atomic mass is 10.0. The van der Waals surface area contributed by atoms with Crippen molar-refractivity contribution in [2.24, 2.45) is 5.84 Å². The van der Waals surface area contributed by atoms with E-state index in [1.807, 2.05) is 16.9 Å². The van der Waals surface area contributed by atoms with E-state index in [0.29, 0.717) is 22.5 Å². The quantitative estimate of drug-likeness (QED) is 0.616. The number of nitrogens with zero attached hydrogens (tertiary/aromatic N) is 2. The monoisotopic (exact) mass is 354 g/mol. The van der Waals surface area contributed by atoms with E-state index < -0.39 is 0 Å². The second-order valence-corrected chi connectivity index (χ2v) is 5.96. The van der Waals surface area contributed by atoms with E-state index in [9.17, 15) is 4.39 Å². The van der Waals surface area contributed by atoms with Gasteiger partial charge < -0.3 is 0 Å². The molecule has 3 N–H and O–H groups in total. The molecule has 0 radical (unpaired) electrons. The van der Waals surface area contributed by atoms with Crippen LogP contribution in [0.3, 0.4) is 0 Å². The van der Waals surface area contributed by atoms with E-state index in [-0.39, 0.29) is 11.9 Å². The molecule has 0 spiro atoms. The summed E-state index contributed by atoms with van der Waals surface area (Å²) >= 11 is 3.38. The lowest BCUT2D eigenvalue weighted by molar-refractivity contribution is 0.463. The summed E-state index contributed by atoms with van der Waals surface area (Å²) in [4.78, 5) is 0. The first-order valence-corrected chi connectivity index (χ1v) is 7.80. The zero-order valence-electron chi connectivity index (χ0n) is 12.2. The van der Waals surface area contributed by atoms with Gasteiger partial charge in [0.15, 0.2) is 0 Å². The van der Waals surface area contributed by atoms with Gasteiger partial charge in [0, 0.05) is 28.7 Å². The second-order valence-electron chi connectivity index (χ2n) is 5.10. The van der Waals surface area contributed by atoms with Crippen LogP contribution in [-0.2, 0) is 6.42 Å². The molecule has 0 saturated heterocycles. The van der Waals surface area contributed by atoms with Gasteiger partial charge in [0.2, 0.25) is 0 Å². The Hall–Kier alpha value is -1.24. The van der Waals surface area contributed by atoms with Crippen LogP contribution in [0.25, 0.3) is 0 Å². The van der Waals surface area contributed by atoms with Crippen LogP contribution in [0.15, 0.2) is 34.9 Å². The van der Waals surface area contributed by atoms with Crippen LogP contribution in [0.2, 0.25) is 0 Å². The topological polar surface area (TPSA) is 55.9 Å². The summed E-state index contributed by atoms with van der Waals surface area (Å²) in [5, 5.41) is 4.54. The number of hydrogen-bond acceptors (Lipinski definition) is 3. The Morgan fingerprint density at radius 2 is 2.19 bits per heavy atom. The molecule has 0 aliphatic heterocycles. The van der Waals surface area contributed by atoms with Crippen molar-refractivity contribution in [3.05, 3.63) is 52.0 Å². The zero-order chi connectivity index (χ0) is 15.4. The van der Waals surface area contributed by atoms with Gasteiger partial charge in [0.05, 0.1) is 11.7 Å². The van der Waals surface area contributed by atoms with Crippen molar-refractivity contribution in [3.8, 4) is 0 Å². The van der Waals surface area contributed by atoms with Gasteiger partial charge in [0.25, 0.3) is 0 Å². The maximum Gasteiger partial charge on any atom is 0.129 e. The Bertz CT molecular complexity index is 579. The summed E-state index contributed by atoms with van der Waals surface area (Å²) < 4.78 is 16.7. The fraction of sp³-hybridized carbons (Fsp3) is 0.400. The second kappa shape index (κ2) is 7.15. The third-order valence-electron chi connectivity index (χ3n) is 3.67. The van der Waals surface area contributed by atoms with Crippen LogP contribution < -0.4 is 11.3 Å². The Kier molecular flexibility index (Phi) is 5.50. The van der Waals surface area contributed by atoms with Gasteiger partial charge in [-0.1, -0.05) is 28.9 Å². The number of nitrogens with two attached hydrogens (primary N) is 1. The molecule has 2 rings (SSSR count). The van der Waals surface area contributed by atoms with Gasteiger partial charge >= 0.3 is 0 Å². The fourth-order valence-electron chi connectivity index (χ4n) is 2.22. The molecule has 21 heavy (non-hydrogen) atoms. The number of hydrazine groups is 1. The molecule has 2 atom stereocenters. The van der Waals surface area contributed by atoms with E-state index >= 15 is 0 Å². The standard InChI is InChI=1S/C15H20BrFN4/c1-3-10(2)21-8-7-11(20-21)9-14(19-18)15-12(16)5-4-6-13(15)17/h4-8,10,14,19H,3,9,18H2,1-2H3. The average Bonchev–Trinajstić information content (AvgIpc) is 2.93. The summed E-state index contributed by atoms with van der Waals surface area (Å²) in [5.74, 6) is 5.33.